The average molecular weight is 262 g/mol. The molecule has 0 radical (unpaired) electrons. The van der Waals surface area contributed by atoms with Crippen LogP contribution in [0.1, 0.15) is 20.3 Å². The number of esters is 1. The second-order valence-electron chi connectivity index (χ2n) is 5.81. The van der Waals surface area contributed by atoms with Crippen molar-refractivity contribution in [2.45, 2.75) is 44.2 Å². The second kappa shape index (κ2) is 4.05. The number of aliphatic hydroxyl groups is 1. The van der Waals surface area contributed by atoms with E-state index in [1.54, 1.807) is 0 Å². The summed E-state index contributed by atoms with van der Waals surface area (Å²) >= 11 is 0. The quantitative estimate of drug-likeness (QED) is 0.408. The molecule has 2 aliphatic heterocycles. The topological polar surface area (TPSA) is 59.1 Å². The van der Waals surface area contributed by atoms with Crippen LogP contribution in [0.3, 0.4) is 0 Å². The Morgan fingerprint density at radius 2 is 2.26 bits per heavy atom. The van der Waals surface area contributed by atoms with Gasteiger partial charge in [-0.2, -0.15) is 0 Å². The Hall–Kier alpha value is -1.39. The maximum absolute atomic E-state index is 11.6. The number of fused-ring (bicyclic) bond motifs is 2. The summed E-state index contributed by atoms with van der Waals surface area (Å²) in [6.45, 7) is 7.67. The third kappa shape index (κ3) is 2.05. The zero-order valence-corrected chi connectivity index (χ0v) is 11.1. The van der Waals surface area contributed by atoms with Crippen LogP contribution in [0.25, 0.3) is 0 Å². The SMILES string of the molecule is C=C1C(=O)O[C@@H]2/C=C(C)/C=C\[C@@H]3O[C@@]3(C)C[C@@H](O)C12. The number of ether oxygens (including phenoxy) is 2. The highest BCUT2D eigenvalue weighted by Gasteiger charge is 2.54. The standard InChI is InChI=1S/C15H18O4/c1-8-4-5-12-15(3,19-12)7-10(16)13-9(2)14(17)18-11(13)6-8/h4-6,10-13,16H,2,7H2,1,3H3/b5-4-,8-6+/t10-,11-,12+,13?,15+/m1/s1. The van der Waals surface area contributed by atoms with Gasteiger partial charge < -0.3 is 14.6 Å². The van der Waals surface area contributed by atoms with Crippen molar-refractivity contribution in [3.63, 3.8) is 0 Å². The van der Waals surface area contributed by atoms with Gasteiger partial charge in [-0.1, -0.05) is 24.3 Å². The molecule has 0 aromatic carbocycles. The number of carbonyl (C=O) groups is 1. The Kier molecular flexibility index (Phi) is 2.69. The van der Waals surface area contributed by atoms with Gasteiger partial charge in [-0.25, -0.2) is 4.79 Å². The molecule has 4 nitrogen and oxygen atoms in total. The number of hydrogen-bond donors (Lipinski definition) is 1. The summed E-state index contributed by atoms with van der Waals surface area (Å²) in [5.41, 5.74) is 1.00. The number of allylic oxidation sites excluding steroid dienone is 2. The predicted octanol–water partition coefficient (Wildman–Crippen LogP) is 1.51. The summed E-state index contributed by atoms with van der Waals surface area (Å²) in [5.74, 6) is -0.796. The number of hydrogen-bond acceptors (Lipinski definition) is 4. The summed E-state index contributed by atoms with van der Waals surface area (Å²) in [5, 5.41) is 10.4. The molecule has 3 rings (SSSR count). The van der Waals surface area contributed by atoms with Crippen molar-refractivity contribution in [2.75, 3.05) is 0 Å². The molecule has 0 aromatic heterocycles. The molecule has 2 saturated heterocycles. The molecule has 0 amide bonds. The summed E-state index contributed by atoms with van der Waals surface area (Å²) < 4.78 is 10.9. The van der Waals surface area contributed by atoms with Crippen LogP contribution >= 0.6 is 0 Å². The van der Waals surface area contributed by atoms with E-state index in [2.05, 4.69) is 6.58 Å². The molecule has 3 aliphatic rings. The molecule has 102 valence electrons. The number of epoxide rings is 1. The van der Waals surface area contributed by atoms with Gasteiger partial charge in [-0.15, -0.1) is 0 Å². The molecule has 1 aliphatic carbocycles. The number of carbonyl (C=O) groups excluding carboxylic acids is 1. The first-order valence-electron chi connectivity index (χ1n) is 6.53. The van der Waals surface area contributed by atoms with E-state index in [1.807, 2.05) is 32.1 Å². The van der Waals surface area contributed by atoms with Gasteiger partial charge in [0, 0.05) is 12.0 Å². The van der Waals surface area contributed by atoms with E-state index in [0.29, 0.717) is 12.0 Å². The molecule has 1 N–H and O–H groups in total. The molecule has 4 heteroatoms. The summed E-state index contributed by atoms with van der Waals surface area (Å²) in [7, 11) is 0. The summed E-state index contributed by atoms with van der Waals surface area (Å²) in [6.07, 6.45) is 5.22. The van der Waals surface area contributed by atoms with E-state index in [9.17, 15) is 9.90 Å². The Balaban J connectivity index is 1.97. The van der Waals surface area contributed by atoms with Crippen molar-refractivity contribution in [3.05, 3.63) is 36.0 Å². The van der Waals surface area contributed by atoms with E-state index in [4.69, 9.17) is 9.47 Å². The minimum atomic E-state index is -0.686. The predicted molar refractivity (Wildman–Crippen MR) is 69.3 cm³/mol. The van der Waals surface area contributed by atoms with Gasteiger partial charge in [0.15, 0.2) is 0 Å². The Morgan fingerprint density at radius 3 is 3.00 bits per heavy atom. The largest absolute Gasteiger partial charge is 0.454 e. The molecule has 5 atom stereocenters. The van der Waals surface area contributed by atoms with Crippen LogP contribution in [0.4, 0.5) is 0 Å². The zero-order chi connectivity index (χ0) is 13.8. The molecule has 0 bridgehead atoms. The van der Waals surface area contributed by atoms with Crippen molar-refractivity contribution in [2.24, 2.45) is 5.92 Å². The molecule has 2 heterocycles. The average Bonchev–Trinajstić information content (AvgIpc) is 2.86. The molecule has 0 aromatic rings. The van der Waals surface area contributed by atoms with Crippen LogP contribution in [0.2, 0.25) is 0 Å². The first-order chi connectivity index (χ1) is 8.90. The first-order valence-corrected chi connectivity index (χ1v) is 6.53. The van der Waals surface area contributed by atoms with Crippen molar-refractivity contribution in [3.8, 4) is 0 Å². The van der Waals surface area contributed by atoms with Gasteiger partial charge in [0.25, 0.3) is 0 Å². The minimum Gasteiger partial charge on any atom is -0.454 e. The zero-order valence-electron chi connectivity index (χ0n) is 11.1. The van der Waals surface area contributed by atoms with E-state index >= 15 is 0 Å². The fourth-order valence-corrected chi connectivity index (χ4v) is 2.96. The van der Waals surface area contributed by atoms with Crippen LogP contribution in [0.5, 0.6) is 0 Å². The third-order valence-electron chi connectivity index (χ3n) is 4.19. The first kappa shape index (κ1) is 12.6. The maximum Gasteiger partial charge on any atom is 0.334 e. The van der Waals surface area contributed by atoms with Gasteiger partial charge in [-0.05, 0) is 19.9 Å². The van der Waals surface area contributed by atoms with E-state index in [1.165, 1.54) is 0 Å². The van der Waals surface area contributed by atoms with Crippen molar-refractivity contribution in [1.82, 2.24) is 0 Å². The van der Waals surface area contributed by atoms with Crippen LogP contribution in [0, 0.1) is 5.92 Å². The van der Waals surface area contributed by atoms with Gasteiger partial charge in [0.2, 0.25) is 0 Å². The highest BCUT2D eigenvalue weighted by Crippen LogP contribution is 2.45. The molecular weight excluding hydrogens is 244 g/mol. The summed E-state index contributed by atoms with van der Waals surface area (Å²) in [6, 6.07) is 0. The summed E-state index contributed by atoms with van der Waals surface area (Å²) in [4.78, 5) is 11.6. The lowest BCUT2D eigenvalue weighted by molar-refractivity contribution is -0.137. The van der Waals surface area contributed by atoms with Gasteiger partial charge >= 0.3 is 5.97 Å². The maximum atomic E-state index is 11.6. The lowest BCUT2D eigenvalue weighted by Crippen LogP contribution is -2.32. The molecule has 19 heavy (non-hydrogen) atoms. The number of aliphatic hydroxyl groups excluding tert-OH is 1. The molecular formula is C15H18O4. The molecule has 1 unspecified atom stereocenters. The van der Waals surface area contributed by atoms with Gasteiger partial charge in [0.1, 0.15) is 12.2 Å². The van der Waals surface area contributed by atoms with Crippen LogP contribution in [0.15, 0.2) is 36.0 Å². The fraction of sp³-hybridized carbons (Fsp3) is 0.533. The van der Waals surface area contributed by atoms with Crippen molar-refractivity contribution in [1.29, 1.82) is 0 Å². The smallest absolute Gasteiger partial charge is 0.334 e. The van der Waals surface area contributed by atoms with Crippen molar-refractivity contribution >= 4 is 5.97 Å². The highest BCUT2D eigenvalue weighted by molar-refractivity contribution is 5.91. The number of rotatable bonds is 0. The van der Waals surface area contributed by atoms with Gasteiger partial charge in [0.05, 0.1) is 17.6 Å². The van der Waals surface area contributed by atoms with Crippen LogP contribution < -0.4 is 0 Å². The lowest BCUT2D eigenvalue weighted by Gasteiger charge is -2.23. The third-order valence-corrected chi connectivity index (χ3v) is 4.19. The van der Waals surface area contributed by atoms with E-state index in [-0.39, 0.29) is 17.6 Å². The van der Waals surface area contributed by atoms with Crippen LogP contribution in [-0.4, -0.2) is 35.0 Å². The van der Waals surface area contributed by atoms with E-state index in [0.717, 1.165) is 5.57 Å². The minimum absolute atomic E-state index is 0.0355. The van der Waals surface area contributed by atoms with Crippen molar-refractivity contribution < 1.29 is 19.4 Å². The monoisotopic (exact) mass is 262 g/mol. The lowest BCUT2D eigenvalue weighted by atomic mass is 9.84. The van der Waals surface area contributed by atoms with Crippen LogP contribution in [-0.2, 0) is 14.3 Å². The van der Waals surface area contributed by atoms with E-state index < -0.39 is 18.2 Å². The molecule has 2 fully saturated rings. The Bertz CT molecular complexity index is 504. The molecule has 0 spiro atoms. The normalized spacial score (nSPS) is 49.5. The second-order valence-corrected chi connectivity index (χ2v) is 5.81. The Labute approximate surface area is 112 Å². The highest BCUT2D eigenvalue weighted by atomic mass is 16.6. The molecule has 0 saturated carbocycles. The Morgan fingerprint density at radius 1 is 1.53 bits per heavy atom. The fourth-order valence-electron chi connectivity index (χ4n) is 2.96. The van der Waals surface area contributed by atoms with Gasteiger partial charge in [-0.3, -0.25) is 0 Å².